The van der Waals surface area contributed by atoms with Gasteiger partial charge in [0.2, 0.25) is 0 Å². The Balaban J connectivity index is 3.22. The molecule has 0 aromatic rings. The van der Waals surface area contributed by atoms with Crippen LogP contribution in [0.1, 0.15) is 0 Å². The van der Waals surface area contributed by atoms with Crippen LogP contribution in [0, 0.1) is 11.3 Å². The van der Waals surface area contributed by atoms with Crippen molar-refractivity contribution in [3.63, 3.8) is 0 Å². The predicted octanol–water partition coefficient (Wildman–Crippen LogP) is 2.24. The van der Waals surface area contributed by atoms with Crippen LogP contribution in [0.3, 0.4) is 0 Å². The van der Waals surface area contributed by atoms with Crippen LogP contribution < -0.4 is 0 Å². The maximum absolute atomic E-state index is 12.6. The van der Waals surface area contributed by atoms with Gasteiger partial charge < -0.3 is 0 Å². The van der Waals surface area contributed by atoms with Crippen molar-refractivity contribution >= 4 is 0 Å². The van der Waals surface area contributed by atoms with Gasteiger partial charge in [-0.1, -0.05) is 0 Å². The minimum atomic E-state index is -5.94. The van der Waals surface area contributed by atoms with E-state index in [-0.39, 0.29) is 0 Å². The number of alkyl halides is 5. The maximum atomic E-state index is 12.6. The van der Waals surface area contributed by atoms with Crippen LogP contribution in [0.2, 0.25) is 0 Å². The van der Waals surface area contributed by atoms with E-state index in [0.717, 1.165) is 0 Å². The lowest BCUT2D eigenvalue weighted by atomic mass is 10.1. The van der Waals surface area contributed by atoms with Crippen molar-refractivity contribution in [3.8, 4) is 6.07 Å². The van der Waals surface area contributed by atoms with Crippen molar-refractivity contribution in [2.24, 2.45) is 20.7 Å². The van der Waals surface area contributed by atoms with E-state index in [1.165, 1.54) is 0 Å². The van der Waals surface area contributed by atoms with E-state index < -0.39 is 17.8 Å². The van der Waals surface area contributed by atoms with E-state index in [1.807, 2.05) is 0 Å². The highest BCUT2D eigenvalue weighted by Gasteiger charge is 2.74. The molecular weight excluding hydrogens is 213 g/mol. The molecule has 10 heteroatoms. The Hall–Kier alpha value is -1.66. The minimum absolute atomic E-state index is 0.633. The first-order chi connectivity index (χ1) is 6.27. The number of nitriles is 1. The van der Waals surface area contributed by atoms with Gasteiger partial charge in [0.1, 0.15) is 6.07 Å². The highest BCUT2D eigenvalue weighted by Crippen LogP contribution is 2.47. The third-order valence-corrected chi connectivity index (χ3v) is 1.37. The quantitative estimate of drug-likeness (QED) is 0.615. The predicted molar refractivity (Wildman–Crippen MR) is 29.1 cm³/mol. The second-order valence-electron chi connectivity index (χ2n) is 2.24. The average Bonchev–Trinajstić information content (AvgIpc) is 2.51. The van der Waals surface area contributed by atoms with Crippen LogP contribution in [-0.2, 0) is 0 Å². The molecule has 0 amide bonds. The van der Waals surface area contributed by atoms with Crippen molar-refractivity contribution in [2.75, 3.05) is 0 Å². The minimum Gasteiger partial charge on any atom is -0.193 e. The van der Waals surface area contributed by atoms with E-state index in [9.17, 15) is 22.0 Å². The van der Waals surface area contributed by atoms with Gasteiger partial charge in [0.05, 0.1) is 0 Å². The maximum Gasteiger partial charge on any atom is 0.459 e. The molecule has 1 heterocycles. The third kappa shape index (κ3) is 1.12. The number of rotatable bonds is 1. The van der Waals surface area contributed by atoms with Crippen LogP contribution in [0.5, 0.6) is 0 Å². The molecule has 0 spiro atoms. The number of hydrogen-bond acceptors (Lipinski definition) is 5. The monoisotopic (exact) mass is 213 g/mol. The van der Waals surface area contributed by atoms with Gasteiger partial charge in [-0.05, 0) is 10.4 Å². The topological polar surface area (TPSA) is 73.2 Å². The molecular formula is C4F5N5. The zero-order valence-corrected chi connectivity index (χ0v) is 6.13. The standard InChI is InChI=1S/C4F5N5/c5-3(6,4(7,8)9)2(1-10)11-13-14-12-2. The summed E-state index contributed by atoms with van der Waals surface area (Å²) in [5.74, 6) is -5.42. The Morgan fingerprint density at radius 3 is 1.71 bits per heavy atom. The van der Waals surface area contributed by atoms with E-state index in [1.54, 1.807) is 0 Å². The molecule has 0 N–H and O–H groups in total. The fourth-order valence-electron chi connectivity index (χ4n) is 0.628. The van der Waals surface area contributed by atoms with Gasteiger partial charge in [0.15, 0.2) is 0 Å². The molecule has 0 saturated carbocycles. The molecule has 0 aromatic heterocycles. The summed E-state index contributed by atoms with van der Waals surface area (Å²) in [5.41, 5.74) is -3.62. The summed E-state index contributed by atoms with van der Waals surface area (Å²) >= 11 is 0. The van der Waals surface area contributed by atoms with Crippen LogP contribution in [0.25, 0.3) is 0 Å². The van der Waals surface area contributed by atoms with Crippen LogP contribution in [0.4, 0.5) is 22.0 Å². The third-order valence-electron chi connectivity index (χ3n) is 1.37. The van der Waals surface area contributed by atoms with E-state index in [4.69, 9.17) is 5.26 Å². The molecule has 0 atom stereocenters. The molecule has 0 bridgehead atoms. The molecule has 0 unspecified atom stereocenters. The van der Waals surface area contributed by atoms with Gasteiger partial charge in [-0.15, -0.1) is 10.2 Å². The Morgan fingerprint density at radius 1 is 1.00 bits per heavy atom. The van der Waals surface area contributed by atoms with Crippen LogP contribution in [0.15, 0.2) is 20.7 Å². The summed E-state index contributed by atoms with van der Waals surface area (Å²) in [4.78, 5) is 0. The van der Waals surface area contributed by atoms with Gasteiger partial charge in [-0.2, -0.15) is 27.2 Å². The molecule has 1 aliphatic heterocycles. The Bertz CT molecular complexity index is 323. The molecule has 1 aliphatic rings. The lowest BCUT2D eigenvalue weighted by Crippen LogP contribution is -2.53. The summed E-state index contributed by atoms with van der Waals surface area (Å²) in [6, 6.07) is 0.633. The number of nitrogens with zero attached hydrogens (tertiary/aromatic N) is 5. The van der Waals surface area contributed by atoms with Crippen LogP contribution in [-0.4, -0.2) is 17.8 Å². The van der Waals surface area contributed by atoms with E-state index in [2.05, 4.69) is 20.7 Å². The molecule has 5 nitrogen and oxygen atoms in total. The highest BCUT2D eigenvalue weighted by molar-refractivity contribution is 5.16. The summed E-state index contributed by atoms with van der Waals surface area (Å²) in [7, 11) is 0. The first-order valence-corrected chi connectivity index (χ1v) is 2.97. The van der Waals surface area contributed by atoms with Gasteiger partial charge in [-0.25, -0.2) is 0 Å². The van der Waals surface area contributed by atoms with Crippen molar-refractivity contribution in [2.45, 2.75) is 17.8 Å². The number of hydrogen-bond donors (Lipinski definition) is 0. The van der Waals surface area contributed by atoms with Crippen LogP contribution >= 0.6 is 0 Å². The lowest BCUT2D eigenvalue weighted by molar-refractivity contribution is -0.298. The zero-order valence-electron chi connectivity index (χ0n) is 6.13. The molecule has 0 radical (unpaired) electrons. The fraction of sp³-hybridized carbons (Fsp3) is 0.750. The van der Waals surface area contributed by atoms with Crippen molar-refractivity contribution < 1.29 is 22.0 Å². The second kappa shape index (κ2) is 2.66. The summed E-state index contributed by atoms with van der Waals surface area (Å²) in [6.45, 7) is 0. The molecule has 0 aliphatic carbocycles. The largest absolute Gasteiger partial charge is 0.459 e. The average molecular weight is 213 g/mol. The zero-order chi connectivity index (χ0) is 11.0. The van der Waals surface area contributed by atoms with Gasteiger partial charge >= 0.3 is 17.8 Å². The molecule has 0 fully saturated rings. The highest BCUT2D eigenvalue weighted by atomic mass is 19.4. The summed E-state index contributed by atoms with van der Waals surface area (Å²) in [6.07, 6.45) is -5.94. The molecule has 14 heavy (non-hydrogen) atoms. The van der Waals surface area contributed by atoms with Gasteiger partial charge in [-0.3, -0.25) is 0 Å². The Morgan fingerprint density at radius 2 is 1.43 bits per heavy atom. The lowest BCUT2D eigenvalue weighted by Gasteiger charge is -2.24. The first-order valence-electron chi connectivity index (χ1n) is 2.97. The summed E-state index contributed by atoms with van der Waals surface area (Å²) in [5, 5.41) is 17.9. The molecule has 76 valence electrons. The smallest absolute Gasteiger partial charge is 0.193 e. The number of halogens is 5. The van der Waals surface area contributed by atoms with E-state index >= 15 is 0 Å². The molecule has 1 rings (SSSR count). The molecule has 0 aromatic carbocycles. The van der Waals surface area contributed by atoms with Gasteiger partial charge in [0, 0.05) is 0 Å². The van der Waals surface area contributed by atoms with Crippen molar-refractivity contribution in [1.82, 2.24) is 0 Å². The van der Waals surface area contributed by atoms with Crippen molar-refractivity contribution in [1.29, 1.82) is 5.26 Å². The normalized spacial score (nSPS) is 19.7. The molecule has 0 saturated heterocycles. The second-order valence-corrected chi connectivity index (χ2v) is 2.24. The van der Waals surface area contributed by atoms with E-state index in [0.29, 0.717) is 6.07 Å². The van der Waals surface area contributed by atoms with Gasteiger partial charge in [0.25, 0.3) is 0 Å². The fourth-order valence-corrected chi connectivity index (χ4v) is 0.628. The summed E-state index contributed by atoms with van der Waals surface area (Å²) < 4.78 is 60.7. The van der Waals surface area contributed by atoms with Crippen molar-refractivity contribution in [3.05, 3.63) is 0 Å². The first kappa shape index (κ1) is 10.4. The Labute approximate surface area is 72.9 Å². The SMILES string of the molecule is N#CC1(C(F)(F)C(F)(F)F)N=NN=N1. The Kier molecular flexibility index (Phi) is 1.98.